The van der Waals surface area contributed by atoms with Crippen LogP contribution in [-0.4, -0.2) is 9.55 Å². The number of nitrogens with zero attached hydrogens (tertiary/aromatic N) is 2. The number of hydrogen-bond acceptors (Lipinski definition) is 3. The lowest BCUT2D eigenvalue weighted by molar-refractivity contribution is 0.553. The number of allylic oxidation sites excluding steroid dienone is 1. The highest BCUT2D eigenvalue weighted by atomic mass is 32.2. The Bertz CT molecular complexity index is 502. The Balaban J connectivity index is 2.44. The first-order valence-electron chi connectivity index (χ1n) is 6.76. The minimum Gasteiger partial charge on any atom is -0.315 e. The van der Waals surface area contributed by atoms with Crippen LogP contribution in [0.15, 0.2) is 16.5 Å². The van der Waals surface area contributed by atoms with Gasteiger partial charge in [0.05, 0.1) is 0 Å². The van der Waals surface area contributed by atoms with Crippen LogP contribution in [0.4, 0.5) is 0 Å². The van der Waals surface area contributed by atoms with Crippen molar-refractivity contribution in [2.45, 2.75) is 57.5 Å². The van der Waals surface area contributed by atoms with E-state index in [1.54, 1.807) is 11.8 Å². The Kier molecular flexibility index (Phi) is 4.64. The smallest absolute Gasteiger partial charge is 0.132 e. The minimum absolute atomic E-state index is 0.671. The highest BCUT2D eigenvalue weighted by Gasteiger charge is 2.14. The molecule has 0 aromatic carbocycles. The van der Waals surface area contributed by atoms with Crippen LogP contribution in [0, 0.1) is 5.41 Å². The van der Waals surface area contributed by atoms with Crippen LogP contribution in [0.3, 0.4) is 0 Å². The molecule has 18 heavy (non-hydrogen) atoms. The van der Waals surface area contributed by atoms with Crippen molar-refractivity contribution < 1.29 is 0 Å². The number of thioether (sulfide) groups is 1. The Hall–Kier alpha value is -1.03. The topological polar surface area (TPSA) is 41.7 Å². The molecule has 2 rings (SSSR count). The van der Waals surface area contributed by atoms with Crippen LogP contribution in [0.2, 0.25) is 0 Å². The van der Waals surface area contributed by atoms with E-state index in [1.165, 1.54) is 6.42 Å². The predicted molar refractivity (Wildman–Crippen MR) is 75.7 cm³/mol. The summed E-state index contributed by atoms with van der Waals surface area (Å²) in [4.78, 5) is 4.78. The molecular weight excluding hydrogens is 242 g/mol. The van der Waals surface area contributed by atoms with Crippen LogP contribution in [0.1, 0.15) is 44.5 Å². The molecule has 0 unspecified atom stereocenters. The van der Waals surface area contributed by atoms with Crippen LogP contribution < -0.4 is 5.49 Å². The predicted octanol–water partition coefficient (Wildman–Crippen LogP) is 3.28. The maximum Gasteiger partial charge on any atom is 0.132 e. The fourth-order valence-electron chi connectivity index (χ4n) is 2.19. The van der Waals surface area contributed by atoms with E-state index in [0.29, 0.717) is 5.49 Å². The molecule has 1 N–H and O–H groups in total. The fourth-order valence-corrected chi connectivity index (χ4v) is 2.99. The van der Waals surface area contributed by atoms with Gasteiger partial charge in [0.25, 0.3) is 0 Å². The van der Waals surface area contributed by atoms with E-state index in [4.69, 9.17) is 10.4 Å². The third-order valence-corrected chi connectivity index (χ3v) is 4.04. The molecule has 0 saturated carbocycles. The molecule has 0 radical (unpaired) electrons. The molecule has 1 aromatic heterocycles. The van der Waals surface area contributed by atoms with E-state index < -0.39 is 0 Å². The molecule has 98 valence electrons. The maximum absolute atomic E-state index is 8.38. The third-order valence-electron chi connectivity index (χ3n) is 3.16. The van der Waals surface area contributed by atoms with Crippen molar-refractivity contribution in [2.24, 2.45) is 0 Å². The van der Waals surface area contributed by atoms with Gasteiger partial charge in [-0.25, -0.2) is 4.98 Å². The van der Waals surface area contributed by atoms with Gasteiger partial charge >= 0.3 is 0 Å². The van der Waals surface area contributed by atoms with E-state index in [0.717, 1.165) is 48.6 Å². The standard InChI is InChI=1S/C14H21N3S/c1-3-5-8-12-16-14-11(7-6-10-18-14)13(15)17(12)9-4-2/h6,10,15H,3-5,7-9H2,1-2H3. The average molecular weight is 263 g/mol. The molecule has 4 heteroatoms. The summed E-state index contributed by atoms with van der Waals surface area (Å²) in [7, 11) is 0. The van der Waals surface area contributed by atoms with Crippen LogP contribution in [0.5, 0.6) is 0 Å². The number of aryl methyl sites for hydroxylation is 1. The second-order valence-corrected chi connectivity index (χ2v) is 5.50. The van der Waals surface area contributed by atoms with Gasteiger partial charge in [-0.3, -0.25) is 5.41 Å². The van der Waals surface area contributed by atoms with E-state index in [1.807, 2.05) is 0 Å². The summed E-state index contributed by atoms with van der Waals surface area (Å²) in [5, 5.41) is 11.5. The zero-order valence-corrected chi connectivity index (χ0v) is 12.0. The van der Waals surface area contributed by atoms with Crippen LogP contribution in [0.25, 0.3) is 0 Å². The second-order valence-electron chi connectivity index (χ2n) is 4.61. The number of unbranched alkanes of at least 4 members (excludes halogenated alkanes) is 1. The molecule has 2 heterocycles. The van der Waals surface area contributed by atoms with Crippen LogP contribution in [-0.2, 0) is 19.4 Å². The zero-order chi connectivity index (χ0) is 13.0. The summed E-state index contributed by atoms with van der Waals surface area (Å²) in [6.07, 6.45) is 7.33. The van der Waals surface area contributed by atoms with Gasteiger partial charge < -0.3 is 4.57 Å². The lowest BCUT2D eigenvalue weighted by Gasteiger charge is -2.18. The fraction of sp³-hybridized carbons (Fsp3) is 0.571. The molecule has 0 fully saturated rings. The highest BCUT2D eigenvalue weighted by molar-refractivity contribution is 8.02. The number of rotatable bonds is 5. The summed E-state index contributed by atoms with van der Waals surface area (Å²) in [6, 6.07) is 0. The van der Waals surface area contributed by atoms with Crippen molar-refractivity contribution >= 4 is 11.8 Å². The van der Waals surface area contributed by atoms with Gasteiger partial charge in [-0.15, -0.1) is 0 Å². The molecule has 3 nitrogen and oxygen atoms in total. The second kappa shape index (κ2) is 6.23. The first-order chi connectivity index (χ1) is 8.77. The van der Waals surface area contributed by atoms with Gasteiger partial charge in [0.15, 0.2) is 0 Å². The quantitative estimate of drug-likeness (QED) is 0.828. The zero-order valence-electron chi connectivity index (χ0n) is 11.2. The Morgan fingerprint density at radius 1 is 1.39 bits per heavy atom. The summed E-state index contributed by atoms with van der Waals surface area (Å²) in [5.41, 5.74) is 1.76. The number of nitrogens with one attached hydrogen (secondary N) is 1. The van der Waals surface area contributed by atoms with E-state index in [2.05, 4.69) is 29.9 Å². The monoisotopic (exact) mass is 263 g/mol. The Labute approximate surface area is 113 Å². The summed E-state index contributed by atoms with van der Waals surface area (Å²) < 4.78 is 2.11. The molecule has 0 aliphatic carbocycles. The van der Waals surface area contributed by atoms with Crippen molar-refractivity contribution in [1.82, 2.24) is 9.55 Å². The summed E-state index contributed by atoms with van der Waals surface area (Å²) in [6.45, 7) is 5.26. The maximum atomic E-state index is 8.38. The molecule has 1 aliphatic heterocycles. The van der Waals surface area contributed by atoms with Gasteiger partial charge in [-0.2, -0.15) is 0 Å². The Morgan fingerprint density at radius 2 is 2.22 bits per heavy atom. The highest BCUT2D eigenvalue weighted by Crippen LogP contribution is 2.25. The summed E-state index contributed by atoms with van der Waals surface area (Å²) in [5.74, 6) is 1.09. The van der Waals surface area contributed by atoms with Crippen molar-refractivity contribution in [2.75, 3.05) is 0 Å². The third kappa shape index (κ3) is 2.69. The lowest BCUT2D eigenvalue weighted by Crippen LogP contribution is -2.29. The van der Waals surface area contributed by atoms with Gasteiger partial charge in [0.2, 0.25) is 0 Å². The number of aromatic nitrogens is 2. The van der Waals surface area contributed by atoms with E-state index in [-0.39, 0.29) is 0 Å². The van der Waals surface area contributed by atoms with Gasteiger partial charge in [-0.05, 0) is 24.7 Å². The largest absolute Gasteiger partial charge is 0.315 e. The summed E-state index contributed by atoms with van der Waals surface area (Å²) >= 11 is 1.65. The molecule has 0 spiro atoms. The average Bonchev–Trinajstić information content (AvgIpc) is 2.40. The first kappa shape index (κ1) is 13.4. The molecule has 0 bridgehead atoms. The molecule has 0 amide bonds. The van der Waals surface area contributed by atoms with Crippen molar-refractivity contribution in [1.29, 1.82) is 5.41 Å². The molecular formula is C14H21N3S. The van der Waals surface area contributed by atoms with Gasteiger partial charge in [0.1, 0.15) is 16.3 Å². The lowest BCUT2D eigenvalue weighted by atomic mass is 10.2. The van der Waals surface area contributed by atoms with Crippen molar-refractivity contribution in [3.8, 4) is 0 Å². The molecule has 0 saturated heterocycles. The van der Waals surface area contributed by atoms with Gasteiger partial charge in [-0.1, -0.05) is 38.1 Å². The van der Waals surface area contributed by atoms with E-state index in [9.17, 15) is 0 Å². The SMILES string of the molecule is CCCCc1nc2c(c(=N)n1CCC)CC=CS2. The Morgan fingerprint density at radius 3 is 2.94 bits per heavy atom. The normalized spacial score (nSPS) is 13.7. The number of hydrogen-bond donors (Lipinski definition) is 1. The first-order valence-corrected chi connectivity index (χ1v) is 7.64. The van der Waals surface area contributed by atoms with Crippen molar-refractivity contribution in [3.63, 3.8) is 0 Å². The van der Waals surface area contributed by atoms with Crippen molar-refractivity contribution in [3.05, 3.63) is 28.4 Å². The van der Waals surface area contributed by atoms with Crippen LogP contribution >= 0.6 is 11.8 Å². The molecule has 1 aromatic rings. The molecule has 1 aliphatic rings. The number of fused-ring (bicyclic) bond motifs is 1. The minimum atomic E-state index is 0.671. The molecule has 0 atom stereocenters. The van der Waals surface area contributed by atoms with Gasteiger partial charge in [0, 0.05) is 18.5 Å². The van der Waals surface area contributed by atoms with E-state index >= 15 is 0 Å².